The van der Waals surface area contributed by atoms with E-state index >= 15 is 0 Å². The van der Waals surface area contributed by atoms with Gasteiger partial charge >= 0.3 is 0 Å². The molecule has 184 valence electrons. The third kappa shape index (κ3) is 5.27. The van der Waals surface area contributed by atoms with Crippen molar-refractivity contribution in [3.05, 3.63) is 53.1 Å². The monoisotopic (exact) mass is 465 g/mol. The highest BCUT2D eigenvalue weighted by molar-refractivity contribution is 5.78. The molecule has 2 heterocycles. The Morgan fingerprint density at radius 3 is 2.56 bits per heavy atom. The Hall–Kier alpha value is -2.47. The quantitative estimate of drug-likeness (QED) is 0.681. The zero-order valence-electron chi connectivity index (χ0n) is 20.9. The van der Waals surface area contributed by atoms with E-state index in [0.717, 1.165) is 12.0 Å². The number of piperidine rings is 1. The van der Waals surface area contributed by atoms with Gasteiger partial charge in [-0.3, -0.25) is 9.59 Å². The number of hydrogen-bond acceptors (Lipinski definition) is 4. The van der Waals surface area contributed by atoms with Gasteiger partial charge in [0.1, 0.15) is 0 Å². The molecular weight excluding hydrogens is 426 g/mol. The number of carbonyl (C=O) groups excluding carboxylic acids is 1. The maximum atomic E-state index is 13.3. The van der Waals surface area contributed by atoms with Crippen LogP contribution in [0.2, 0.25) is 0 Å². The lowest BCUT2D eigenvalue weighted by Crippen LogP contribution is -2.61. The molecule has 4 rings (SSSR count). The summed E-state index contributed by atoms with van der Waals surface area (Å²) in [4.78, 5) is 32.1. The highest BCUT2D eigenvalue weighted by Crippen LogP contribution is 2.40. The zero-order chi connectivity index (χ0) is 24.3. The lowest BCUT2D eigenvalue weighted by molar-refractivity contribution is -0.157. The summed E-state index contributed by atoms with van der Waals surface area (Å²) in [7, 11) is 0. The van der Waals surface area contributed by atoms with Gasteiger partial charge in [0.15, 0.2) is 0 Å². The second-order valence-corrected chi connectivity index (χ2v) is 11.2. The van der Waals surface area contributed by atoms with Crippen molar-refractivity contribution in [2.24, 2.45) is 17.3 Å². The van der Waals surface area contributed by atoms with E-state index in [1.165, 1.54) is 38.3 Å². The molecule has 6 nitrogen and oxygen atoms in total. The molecule has 1 amide bonds. The first kappa shape index (κ1) is 24.6. The summed E-state index contributed by atoms with van der Waals surface area (Å²) in [5, 5.41) is 11.7. The van der Waals surface area contributed by atoms with Gasteiger partial charge in [0.2, 0.25) is 5.91 Å². The number of amides is 1. The molecule has 1 aromatic carbocycles. The SMILES string of the molecule is C[C@H](CC1CCCCC1)C(=O)N1CCC(O)(Cn2cc(-c3ccccc3)ncc2=O)C(C)(C)C1. The number of benzene rings is 1. The fraction of sp³-hybridized carbons (Fsp3) is 0.607. The number of rotatable bonds is 6. The lowest BCUT2D eigenvalue weighted by atomic mass is 9.69. The minimum absolute atomic E-state index is 0.0151. The number of aromatic nitrogens is 2. The molecule has 0 radical (unpaired) electrons. The average molecular weight is 466 g/mol. The molecule has 1 saturated heterocycles. The minimum atomic E-state index is -1.10. The summed E-state index contributed by atoms with van der Waals surface area (Å²) in [6.45, 7) is 7.25. The fourth-order valence-electron chi connectivity index (χ4n) is 5.79. The predicted octanol–water partition coefficient (Wildman–Crippen LogP) is 4.51. The first-order chi connectivity index (χ1) is 16.2. The zero-order valence-corrected chi connectivity index (χ0v) is 20.9. The number of aliphatic hydroxyl groups is 1. The molecule has 0 bridgehead atoms. The van der Waals surface area contributed by atoms with Crippen molar-refractivity contribution in [3.63, 3.8) is 0 Å². The number of likely N-dealkylation sites (tertiary alicyclic amines) is 1. The average Bonchev–Trinajstić information content (AvgIpc) is 2.83. The third-order valence-corrected chi connectivity index (χ3v) is 8.16. The van der Waals surface area contributed by atoms with E-state index in [9.17, 15) is 14.7 Å². The van der Waals surface area contributed by atoms with Crippen LogP contribution in [-0.4, -0.2) is 44.2 Å². The van der Waals surface area contributed by atoms with E-state index in [0.29, 0.717) is 31.1 Å². The Morgan fingerprint density at radius 1 is 1.18 bits per heavy atom. The van der Waals surface area contributed by atoms with E-state index in [4.69, 9.17) is 0 Å². The summed E-state index contributed by atoms with van der Waals surface area (Å²) in [5.41, 5.74) is -0.263. The van der Waals surface area contributed by atoms with Gasteiger partial charge in [-0.1, -0.05) is 83.2 Å². The Labute approximate surface area is 203 Å². The van der Waals surface area contributed by atoms with Gasteiger partial charge in [0, 0.05) is 36.2 Å². The molecule has 1 N–H and O–H groups in total. The van der Waals surface area contributed by atoms with Gasteiger partial charge in [-0.2, -0.15) is 0 Å². The van der Waals surface area contributed by atoms with Gasteiger partial charge in [0.05, 0.1) is 24.0 Å². The van der Waals surface area contributed by atoms with Crippen molar-refractivity contribution in [1.29, 1.82) is 0 Å². The summed E-state index contributed by atoms with van der Waals surface area (Å²) < 4.78 is 1.57. The molecule has 1 unspecified atom stereocenters. The molecule has 6 heteroatoms. The smallest absolute Gasteiger partial charge is 0.269 e. The molecule has 1 aliphatic heterocycles. The van der Waals surface area contributed by atoms with Crippen molar-refractivity contribution < 1.29 is 9.90 Å². The first-order valence-corrected chi connectivity index (χ1v) is 12.8. The molecule has 2 aliphatic rings. The maximum Gasteiger partial charge on any atom is 0.269 e. The van der Waals surface area contributed by atoms with Crippen LogP contribution < -0.4 is 5.56 Å². The molecule has 1 saturated carbocycles. The topological polar surface area (TPSA) is 75.4 Å². The highest BCUT2D eigenvalue weighted by atomic mass is 16.3. The van der Waals surface area contributed by atoms with E-state index < -0.39 is 11.0 Å². The van der Waals surface area contributed by atoms with Crippen LogP contribution in [0.4, 0.5) is 0 Å². The van der Waals surface area contributed by atoms with Crippen LogP contribution in [-0.2, 0) is 11.3 Å². The molecule has 2 aromatic rings. The molecule has 1 aliphatic carbocycles. The Balaban J connectivity index is 1.45. The van der Waals surface area contributed by atoms with Crippen molar-refractivity contribution in [1.82, 2.24) is 14.5 Å². The van der Waals surface area contributed by atoms with Crippen molar-refractivity contribution >= 4 is 5.91 Å². The van der Waals surface area contributed by atoms with Gasteiger partial charge in [-0.25, -0.2) is 4.98 Å². The Bertz CT molecular complexity index is 1040. The summed E-state index contributed by atoms with van der Waals surface area (Å²) in [6, 6.07) is 9.72. The minimum Gasteiger partial charge on any atom is -0.387 e. The maximum absolute atomic E-state index is 13.3. The van der Waals surface area contributed by atoms with Crippen LogP contribution in [0.25, 0.3) is 11.3 Å². The van der Waals surface area contributed by atoms with E-state index in [2.05, 4.69) is 11.9 Å². The van der Waals surface area contributed by atoms with Gasteiger partial charge in [-0.15, -0.1) is 0 Å². The number of nitrogens with zero attached hydrogens (tertiary/aromatic N) is 3. The van der Waals surface area contributed by atoms with Gasteiger partial charge in [0.25, 0.3) is 5.56 Å². The number of carbonyl (C=O) groups is 1. The summed E-state index contributed by atoms with van der Waals surface area (Å²) >= 11 is 0. The molecule has 0 spiro atoms. The van der Waals surface area contributed by atoms with Crippen molar-refractivity contribution in [2.45, 2.75) is 77.9 Å². The Kier molecular flexibility index (Phi) is 7.27. The van der Waals surface area contributed by atoms with Crippen molar-refractivity contribution in [3.8, 4) is 11.3 Å². The molecular formula is C28H39N3O3. The van der Waals surface area contributed by atoms with Gasteiger partial charge in [-0.05, 0) is 18.8 Å². The third-order valence-electron chi connectivity index (χ3n) is 8.16. The standard InChI is InChI=1S/C28H39N3O3/c1-21(16-22-10-6-4-7-11-22)26(33)30-15-14-28(34,27(2,3)19-30)20-31-18-24(29-17-25(31)32)23-12-8-5-9-13-23/h5,8-9,12-13,17-18,21-22,34H,4,6-7,10-11,14-16,19-20H2,1-3H3/t21-,28?/m1/s1. The summed E-state index contributed by atoms with van der Waals surface area (Å²) in [5.74, 6) is 0.884. The fourth-order valence-corrected chi connectivity index (χ4v) is 5.79. The van der Waals surface area contributed by atoms with Crippen LogP contribution >= 0.6 is 0 Å². The van der Waals surface area contributed by atoms with Crippen molar-refractivity contribution in [2.75, 3.05) is 13.1 Å². The summed E-state index contributed by atoms with van der Waals surface area (Å²) in [6.07, 6.45) is 10.9. The lowest BCUT2D eigenvalue weighted by Gasteiger charge is -2.51. The van der Waals surface area contributed by atoms with E-state index in [1.807, 2.05) is 49.1 Å². The second kappa shape index (κ2) is 10.0. The van der Waals surface area contributed by atoms with E-state index in [1.54, 1.807) is 10.8 Å². The number of hydrogen-bond donors (Lipinski definition) is 1. The van der Waals surface area contributed by atoms with Crippen LogP contribution in [0, 0.1) is 17.3 Å². The Morgan fingerprint density at radius 2 is 1.88 bits per heavy atom. The molecule has 34 heavy (non-hydrogen) atoms. The molecule has 1 aromatic heterocycles. The molecule has 2 fully saturated rings. The largest absolute Gasteiger partial charge is 0.387 e. The van der Waals surface area contributed by atoms with E-state index in [-0.39, 0.29) is 23.9 Å². The van der Waals surface area contributed by atoms with Crippen LogP contribution in [0.15, 0.2) is 47.5 Å². The van der Waals surface area contributed by atoms with Crippen LogP contribution in [0.1, 0.15) is 65.7 Å². The second-order valence-electron chi connectivity index (χ2n) is 11.2. The first-order valence-electron chi connectivity index (χ1n) is 12.8. The normalized spacial score (nSPS) is 24.1. The van der Waals surface area contributed by atoms with Gasteiger partial charge < -0.3 is 14.6 Å². The molecule has 2 atom stereocenters. The highest BCUT2D eigenvalue weighted by Gasteiger charge is 2.49. The van der Waals surface area contributed by atoms with Crippen LogP contribution in [0.3, 0.4) is 0 Å². The van der Waals surface area contributed by atoms with Crippen LogP contribution in [0.5, 0.6) is 0 Å². The predicted molar refractivity (Wildman–Crippen MR) is 134 cm³/mol.